The summed E-state index contributed by atoms with van der Waals surface area (Å²) >= 11 is 5.84. The number of rotatable bonds is 6. The number of nitrogens with zero attached hydrogens (tertiary/aromatic N) is 1. The third-order valence-electron chi connectivity index (χ3n) is 3.96. The van der Waals surface area contributed by atoms with Crippen molar-refractivity contribution in [2.75, 3.05) is 11.4 Å². The summed E-state index contributed by atoms with van der Waals surface area (Å²) in [6.07, 6.45) is 0. The van der Waals surface area contributed by atoms with Crippen LogP contribution in [0.3, 0.4) is 0 Å². The molecule has 0 fully saturated rings. The van der Waals surface area contributed by atoms with Crippen LogP contribution < -0.4 is 10.2 Å². The Hall–Kier alpha value is -2.33. The number of benzene rings is 2. The van der Waals surface area contributed by atoms with Gasteiger partial charge in [0.25, 0.3) is 0 Å². The predicted octanol–water partition coefficient (Wildman–Crippen LogP) is 4.13. The minimum atomic E-state index is -0.210. The van der Waals surface area contributed by atoms with Crippen LogP contribution in [0.15, 0.2) is 48.5 Å². The van der Waals surface area contributed by atoms with Gasteiger partial charge >= 0.3 is 0 Å². The summed E-state index contributed by atoms with van der Waals surface area (Å²) in [6, 6.07) is 15.0. The van der Waals surface area contributed by atoms with E-state index in [0.29, 0.717) is 17.5 Å². The minimum Gasteiger partial charge on any atom is -0.350 e. The lowest BCUT2D eigenvalue weighted by atomic mass is 10.0. The molecule has 2 aromatic rings. The maximum atomic E-state index is 12.2. The molecule has 0 aliphatic heterocycles. The van der Waals surface area contributed by atoms with Crippen LogP contribution in [0.25, 0.3) is 0 Å². The third kappa shape index (κ3) is 5.61. The van der Waals surface area contributed by atoms with Gasteiger partial charge in [0.1, 0.15) is 6.54 Å². The van der Waals surface area contributed by atoms with Crippen LogP contribution in [0.1, 0.15) is 37.8 Å². The number of nitrogens with one attached hydrogen (secondary N) is 1. The topological polar surface area (TPSA) is 49.4 Å². The van der Waals surface area contributed by atoms with E-state index in [1.807, 2.05) is 36.4 Å². The molecule has 0 atom stereocenters. The first-order valence-electron chi connectivity index (χ1n) is 8.26. The third-order valence-corrected chi connectivity index (χ3v) is 4.21. The van der Waals surface area contributed by atoms with Gasteiger partial charge in [-0.1, -0.05) is 49.7 Å². The van der Waals surface area contributed by atoms with Crippen molar-refractivity contribution in [3.05, 3.63) is 64.7 Å². The average molecular weight is 359 g/mol. The van der Waals surface area contributed by atoms with Gasteiger partial charge in [0.05, 0.1) is 0 Å². The number of hydrogen-bond acceptors (Lipinski definition) is 2. The predicted molar refractivity (Wildman–Crippen MR) is 102 cm³/mol. The van der Waals surface area contributed by atoms with Crippen molar-refractivity contribution in [2.45, 2.75) is 33.2 Å². The zero-order valence-corrected chi connectivity index (χ0v) is 15.5. The molecule has 5 heteroatoms. The molecule has 2 rings (SSSR count). The van der Waals surface area contributed by atoms with Crippen molar-refractivity contribution in [3.63, 3.8) is 0 Å². The quantitative estimate of drug-likeness (QED) is 0.843. The molecule has 2 amide bonds. The monoisotopic (exact) mass is 358 g/mol. The number of hydrogen-bond donors (Lipinski definition) is 1. The molecule has 0 bridgehead atoms. The molecule has 0 aliphatic carbocycles. The van der Waals surface area contributed by atoms with Gasteiger partial charge in [0.15, 0.2) is 0 Å². The van der Waals surface area contributed by atoms with Crippen molar-refractivity contribution < 1.29 is 9.59 Å². The number of carbonyl (C=O) groups is 2. The molecule has 2 aromatic carbocycles. The van der Waals surface area contributed by atoms with Crippen LogP contribution in [-0.4, -0.2) is 18.4 Å². The molecule has 0 unspecified atom stereocenters. The molecule has 0 heterocycles. The van der Waals surface area contributed by atoms with Gasteiger partial charge in [0.2, 0.25) is 11.8 Å². The largest absolute Gasteiger partial charge is 0.350 e. The van der Waals surface area contributed by atoms with E-state index in [1.54, 1.807) is 12.1 Å². The Bertz CT molecular complexity index is 724. The summed E-state index contributed by atoms with van der Waals surface area (Å²) in [7, 11) is 0. The van der Waals surface area contributed by atoms with E-state index in [1.165, 1.54) is 17.4 Å². The number of carbonyl (C=O) groups excluding carboxylic acids is 2. The van der Waals surface area contributed by atoms with E-state index in [9.17, 15) is 9.59 Å². The maximum absolute atomic E-state index is 12.2. The van der Waals surface area contributed by atoms with Crippen molar-refractivity contribution in [2.24, 2.45) is 0 Å². The fraction of sp³-hybridized carbons (Fsp3) is 0.300. The lowest BCUT2D eigenvalue weighted by Crippen LogP contribution is -2.39. The first kappa shape index (κ1) is 19.0. The van der Waals surface area contributed by atoms with E-state index in [-0.39, 0.29) is 18.4 Å². The van der Waals surface area contributed by atoms with Gasteiger partial charge in [-0.3, -0.25) is 9.59 Å². The molecule has 132 valence electrons. The van der Waals surface area contributed by atoms with E-state index >= 15 is 0 Å². The zero-order chi connectivity index (χ0) is 18.4. The van der Waals surface area contributed by atoms with E-state index in [4.69, 9.17) is 11.6 Å². The average Bonchev–Trinajstić information content (AvgIpc) is 2.59. The Balaban J connectivity index is 1.99. The fourth-order valence-corrected chi connectivity index (χ4v) is 2.55. The molecule has 25 heavy (non-hydrogen) atoms. The number of halogens is 1. The minimum absolute atomic E-state index is 0.00997. The highest BCUT2D eigenvalue weighted by Crippen LogP contribution is 2.20. The Morgan fingerprint density at radius 2 is 1.64 bits per heavy atom. The Kier molecular flexibility index (Phi) is 6.59. The maximum Gasteiger partial charge on any atom is 0.240 e. The summed E-state index contributed by atoms with van der Waals surface area (Å²) in [4.78, 5) is 25.6. The van der Waals surface area contributed by atoms with Crippen LogP contribution in [0.5, 0.6) is 0 Å². The summed E-state index contributed by atoms with van der Waals surface area (Å²) in [5.41, 5.74) is 2.87. The van der Waals surface area contributed by atoms with Crippen LogP contribution in [0.4, 0.5) is 5.69 Å². The van der Waals surface area contributed by atoms with Crippen LogP contribution >= 0.6 is 11.6 Å². The molecule has 0 aromatic heterocycles. The van der Waals surface area contributed by atoms with Crippen LogP contribution in [0, 0.1) is 0 Å². The second-order valence-corrected chi connectivity index (χ2v) is 6.69. The first-order chi connectivity index (χ1) is 11.9. The Labute approximate surface area is 153 Å². The molecule has 4 nitrogen and oxygen atoms in total. The number of amides is 2. The normalized spacial score (nSPS) is 10.6. The molecule has 0 aliphatic rings. The molecule has 1 N–H and O–H groups in total. The molecule has 0 saturated carbocycles. The van der Waals surface area contributed by atoms with Gasteiger partial charge in [-0.15, -0.1) is 0 Å². The SMILES string of the molecule is CC(=O)N(CC(=O)NCc1ccc(Cl)cc1)c1ccc(C(C)C)cc1. The van der Waals surface area contributed by atoms with Gasteiger partial charge < -0.3 is 10.2 Å². The summed E-state index contributed by atoms with van der Waals surface area (Å²) in [5, 5.41) is 3.48. The van der Waals surface area contributed by atoms with E-state index < -0.39 is 0 Å². The molecular formula is C20H23ClN2O2. The zero-order valence-electron chi connectivity index (χ0n) is 14.8. The standard InChI is InChI=1S/C20H23ClN2O2/c1-14(2)17-6-10-19(11-7-17)23(15(3)24)13-20(25)22-12-16-4-8-18(21)9-5-16/h4-11,14H,12-13H2,1-3H3,(H,22,25). The summed E-state index contributed by atoms with van der Waals surface area (Å²) < 4.78 is 0. The van der Waals surface area contributed by atoms with Crippen molar-refractivity contribution in [1.82, 2.24) is 5.32 Å². The fourth-order valence-electron chi connectivity index (χ4n) is 2.43. The summed E-state index contributed by atoms with van der Waals surface area (Å²) in [6.45, 7) is 6.07. The van der Waals surface area contributed by atoms with Gasteiger partial charge in [0, 0.05) is 24.2 Å². The van der Waals surface area contributed by atoms with Crippen molar-refractivity contribution in [1.29, 1.82) is 0 Å². The number of anilines is 1. The Morgan fingerprint density at radius 1 is 1.04 bits per heavy atom. The van der Waals surface area contributed by atoms with Gasteiger partial charge in [-0.2, -0.15) is 0 Å². The van der Waals surface area contributed by atoms with E-state index in [2.05, 4.69) is 19.2 Å². The van der Waals surface area contributed by atoms with Crippen LogP contribution in [-0.2, 0) is 16.1 Å². The summed E-state index contributed by atoms with van der Waals surface area (Å²) in [5.74, 6) is 0.0412. The lowest BCUT2D eigenvalue weighted by Gasteiger charge is -2.21. The second-order valence-electron chi connectivity index (χ2n) is 6.25. The Morgan fingerprint density at radius 3 is 2.16 bits per heavy atom. The molecule has 0 spiro atoms. The van der Waals surface area contributed by atoms with E-state index in [0.717, 1.165) is 11.3 Å². The van der Waals surface area contributed by atoms with Crippen molar-refractivity contribution in [3.8, 4) is 0 Å². The molecular weight excluding hydrogens is 336 g/mol. The second kappa shape index (κ2) is 8.67. The highest BCUT2D eigenvalue weighted by molar-refractivity contribution is 6.30. The molecule has 0 radical (unpaired) electrons. The van der Waals surface area contributed by atoms with Gasteiger partial charge in [-0.25, -0.2) is 0 Å². The van der Waals surface area contributed by atoms with Gasteiger partial charge in [-0.05, 0) is 41.3 Å². The molecule has 0 saturated heterocycles. The van der Waals surface area contributed by atoms with Crippen molar-refractivity contribution >= 4 is 29.1 Å². The first-order valence-corrected chi connectivity index (χ1v) is 8.64. The highest BCUT2D eigenvalue weighted by Gasteiger charge is 2.16. The lowest BCUT2D eigenvalue weighted by molar-refractivity contribution is -0.123. The smallest absolute Gasteiger partial charge is 0.240 e. The highest BCUT2D eigenvalue weighted by atomic mass is 35.5. The van der Waals surface area contributed by atoms with Crippen LogP contribution in [0.2, 0.25) is 5.02 Å².